The summed E-state index contributed by atoms with van der Waals surface area (Å²) in [6, 6.07) is 12.1. The molecule has 1 fully saturated rings. The van der Waals surface area contributed by atoms with Crippen molar-refractivity contribution >= 4 is 42.4 Å². The third-order valence-corrected chi connectivity index (χ3v) is 9.04. The van der Waals surface area contributed by atoms with Crippen molar-refractivity contribution in [3.8, 4) is 5.75 Å². The maximum Gasteiger partial charge on any atom is 0.229 e. The van der Waals surface area contributed by atoms with Gasteiger partial charge in [-0.15, -0.1) is 0 Å². The second-order valence-electron chi connectivity index (χ2n) is 8.49. The van der Waals surface area contributed by atoms with Gasteiger partial charge in [0.25, 0.3) is 0 Å². The quantitative estimate of drug-likeness (QED) is 0.406. The Balaban J connectivity index is 1.54. The Morgan fingerprint density at radius 2 is 1.91 bits per heavy atom. The van der Waals surface area contributed by atoms with Crippen molar-refractivity contribution < 1.29 is 22.7 Å². The number of nitrogens with zero attached hydrogens (tertiary/aromatic N) is 3. The molecule has 1 aliphatic heterocycles. The minimum absolute atomic E-state index is 0.110. The predicted octanol–water partition coefficient (Wildman–Crippen LogP) is 3.53. The van der Waals surface area contributed by atoms with Crippen LogP contribution in [0.4, 0.5) is 5.13 Å². The molecule has 3 aromatic rings. The average molecular weight is 518 g/mol. The summed E-state index contributed by atoms with van der Waals surface area (Å²) >= 11 is 1.44. The number of rotatable bonds is 10. The third kappa shape index (κ3) is 6.19. The molecule has 0 aliphatic carbocycles. The number of morpholine rings is 1. The highest BCUT2D eigenvalue weighted by Gasteiger charge is 2.24. The number of methoxy groups -OCH3 is 1. The van der Waals surface area contributed by atoms with Crippen LogP contribution in [0.3, 0.4) is 0 Å². The van der Waals surface area contributed by atoms with Gasteiger partial charge >= 0.3 is 0 Å². The summed E-state index contributed by atoms with van der Waals surface area (Å²) in [5.74, 6) is 0.158. The Bertz CT molecular complexity index is 1250. The lowest BCUT2D eigenvalue weighted by Gasteiger charge is -2.27. The fourth-order valence-corrected chi connectivity index (χ4v) is 6.43. The number of amides is 1. The number of ether oxygens (including phenoxy) is 2. The molecule has 0 spiro atoms. The standard InChI is InChI=1S/C25H31N3O5S2/c1-19-9-10-21(32-2)23-24(19)34-25(26-23)28(13-6-12-27-14-16-33-17-15-27)22(29)11-18-35(30,31)20-7-4-3-5-8-20/h3-5,7-10H,6,11-18H2,1-2H3. The fraction of sp³-hybridized carbons (Fsp3) is 0.440. The SMILES string of the molecule is COc1ccc(C)c2sc(N(CCCN3CCOCC3)C(=O)CCS(=O)(=O)c3ccccc3)nc12. The van der Waals surface area contributed by atoms with Crippen LogP contribution in [0.1, 0.15) is 18.4 Å². The molecule has 0 N–H and O–H groups in total. The highest BCUT2D eigenvalue weighted by atomic mass is 32.2. The Kier molecular flexibility index (Phi) is 8.38. The van der Waals surface area contributed by atoms with Crippen LogP contribution in [0.15, 0.2) is 47.4 Å². The molecule has 1 aliphatic rings. The highest BCUT2D eigenvalue weighted by Crippen LogP contribution is 2.36. The monoisotopic (exact) mass is 517 g/mol. The Morgan fingerprint density at radius 1 is 1.17 bits per heavy atom. The van der Waals surface area contributed by atoms with Crippen molar-refractivity contribution in [3.05, 3.63) is 48.0 Å². The van der Waals surface area contributed by atoms with E-state index in [1.54, 1.807) is 42.3 Å². The van der Waals surface area contributed by atoms with Crippen LogP contribution in [0.5, 0.6) is 5.75 Å². The summed E-state index contributed by atoms with van der Waals surface area (Å²) in [4.78, 5) is 22.3. The van der Waals surface area contributed by atoms with E-state index in [2.05, 4.69) is 4.90 Å². The van der Waals surface area contributed by atoms with Gasteiger partial charge in [0.05, 0.1) is 35.7 Å². The second-order valence-corrected chi connectivity index (χ2v) is 11.6. The minimum atomic E-state index is -3.56. The van der Waals surface area contributed by atoms with Crippen molar-refractivity contribution in [2.75, 3.05) is 57.2 Å². The lowest BCUT2D eigenvalue weighted by molar-refractivity contribution is -0.118. The predicted molar refractivity (Wildman–Crippen MR) is 138 cm³/mol. The maximum atomic E-state index is 13.4. The first-order chi connectivity index (χ1) is 16.9. The van der Waals surface area contributed by atoms with Crippen molar-refractivity contribution in [2.24, 2.45) is 0 Å². The molecular weight excluding hydrogens is 486 g/mol. The van der Waals surface area contributed by atoms with Crippen molar-refractivity contribution in [1.29, 1.82) is 0 Å². The number of aryl methyl sites for hydroxylation is 1. The van der Waals surface area contributed by atoms with Gasteiger partial charge in [-0.3, -0.25) is 14.6 Å². The summed E-state index contributed by atoms with van der Waals surface area (Å²) in [6.45, 7) is 6.49. The Morgan fingerprint density at radius 3 is 2.63 bits per heavy atom. The highest BCUT2D eigenvalue weighted by molar-refractivity contribution is 7.91. The lowest BCUT2D eigenvalue weighted by atomic mass is 10.2. The van der Waals surface area contributed by atoms with Gasteiger partial charge < -0.3 is 9.47 Å². The van der Waals surface area contributed by atoms with Gasteiger partial charge in [0.2, 0.25) is 5.91 Å². The number of thiazole rings is 1. The molecule has 188 valence electrons. The van der Waals surface area contributed by atoms with Crippen molar-refractivity contribution in [1.82, 2.24) is 9.88 Å². The van der Waals surface area contributed by atoms with E-state index in [9.17, 15) is 13.2 Å². The first kappa shape index (κ1) is 25.6. The molecule has 1 aromatic heterocycles. The molecule has 10 heteroatoms. The van der Waals surface area contributed by atoms with E-state index >= 15 is 0 Å². The number of fused-ring (bicyclic) bond motifs is 1. The van der Waals surface area contributed by atoms with E-state index in [4.69, 9.17) is 14.5 Å². The number of carbonyl (C=O) groups is 1. The molecule has 0 atom stereocenters. The summed E-state index contributed by atoms with van der Waals surface area (Å²) in [7, 11) is -1.96. The van der Waals surface area contributed by atoms with Gasteiger partial charge in [-0.05, 0) is 37.1 Å². The number of sulfone groups is 1. The molecular formula is C25H31N3O5S2. The molecule has 1 saturated heterocycles. The second kappa shape index (κ2) is 11.5. The topological polar surface area (TPSA) is 89.0 Å². The van der Waals surface area contributed by atoms with Crippen molar-refractivity contribution in [2.45, 2.75) is 24.7 Å². The fourth-order valence-electron chi connectivity index (χ4n) is 4.09. The zero-order chi connectivity index (χ0) is 24.8. The van der Waals surface area contributed by atoms with E-state index in [1.165, 1.54) is 11.3 Å². The van der Waals surface area contributed by atoms with Crippen LogP contribution in [-0.2, 0) is 19.4 Å². The van der Waals surface area contributed by atoms with Crippen LogP contribution in [0.2, 0.25) is 0 Å². The normalized spacial score (nSPS) is 14.8. The Hall–Kier alpha value is -2.53. The molecule has 0 radical (unpaired) electrons. The first-order valence-corrected chi connectivity index (χ1v) is 14.2. The van der Waals surface area contributed by atoms with Crippen LogP contribution < -0.4 is 9.64 Å². The average Bonchev–Trinajstić information content (AvgIpc) is 3.33. The van der Waals surface area contributed by atoms with Crippen LogP contribution >= 0.6 is 11.3 Å². The van der Waals surface area contributed by atoms with E-state index in [0.717, 1.165) is 55.0 Å². The number of benzene rings is 2. The van der Waals surface area contributed by atoms with Crippen molar-refractivity contribution in [3.63, 3.8) is 0 Å². The summed E-state index contributed by atoms with van der Waals surface area (Å²) in [5.41, 5.74) is 1.77. The Labute approximate surface area is 210 Å². The first-order valence-electron chi connectivity index (χ1n) is 11.7. The van der Waals surface area contributed by atoms with E-state index in [1.807, 2.05) is 19.1 Å². The van der Waals surface area contributed by atoms with E-state index < -0.39 is 9.84 Å². The molecule has 0 unspecified atom stereocenters. The number of hydrogen-bond donors (Lipinski definition) is 0. The van der Waals surface area contributed by atoms with E-state index in [-0.39, 0.29) is 23.0 Å². The summed E-state index contributed by atoms with van der Waals surface area (Å²) in [5, 5.41) is 0.566. The molecule has 0 saturated carbocycles. The van der Waals surface area contributed by atoms with Crippen LogP contribution in [-0.4, -0.2) is 76.5 Å². The smallest absolute Gasteiger partial charge is 0.229 e. The molecule has 8 nitrogen and oxygen atoms in total. The van der Waals surface area contributed by atoms with Gasteiger partial charge in [-0.2, -0.15) is 0 Å². The molecule has 1 amide bonds. The number of aromatic nitrogens is 1. The summed E-state index contributed by atoms with van der Waals surface area (Å²) in [6.07, 6.45) is 0.643. The van der Waals surface area contributed by atoms with Gasteiger partial charge in [-0.25, -0.2) is 13.4 Å². The van der Waals surface area contributed by atoms with Crippen LogP contribution in [0.25, 0.3) is 10.2 Å². The molecule has 4 rings (SSSR count). The minimum Gasteiger partial charge on any atom is -0.494 e. The van der Waals surface area contributed by atoms with Crippen LogP contribution in [0, 0.1) is 6.92 Å². The molecule has 35 heavy (non-hydrogen) atoms. The number of anilines is 1. The molecule has 2 aromatic carbocycles. The molecule has 2 heterocycles. The lowest BCUT2D eigenvalue weighted by Crippen LogP contribution is -2.39. The van der Waals surface area contributed by atoms with Gasteiger partial charge in [0.1, 0.15) is 11.3 Å². The zero-order valence-electron chi connectivity index (χ0n) is 20.1. The van der Waals surface area contributed by atoms with Gasteiger partial charge in [-0.1, -0.05) is 35.6 Å². The largest absolute Gasteiger partial charge is 0.494 e. The number of hydrogen-bond acceptors (Lipinski definition) is 8. The van der Waals surface area contributed by atoms with E-state index in [0.29, 0.717) is 17.4 Å². The third-order valence-electron chi connectivity index (χ3n) is 6.09. The zero-order valence-corrected chi connectivity index (χ0v) is 21.7. The molecule has 0 bridgehead atoms. The van der Waals surface area contributed by atoms with Gasteiger partial charge in [0, 0.05) is 32.6 Å². The summed E-state index contributed by atoms with van der Waals surface area (Å²) < 4.78 is 37.4. The maximum absolute atomic E-state index is 13.4. The number of carbonyl (C=O) groups excluding carboxylic acids is 1. The van der Waals surface area contributed by atoms with Gasteiger partial charge in [0.15, 0.2) is 15.0 Å².